The van der Waals surface area contributed by atoms with E-state index in [1.54, 1.807) is 18.6 Å². The Balaban J connectivity index is 1.50. The zero-order valence-electron chi connectivity index (χ0n) is 25.6. The molecule has 1 atom stereocenters. The number of ether oxygens (including phenoxy) is 3. The third kappa shape index (κ3) is 6.14. The summed E-state index contributed by atoms with van der Waals surface area (Å²) in [6, 6.07) is 25.2. The number of esters is 1. The molecule has 230 valence electrons. The first-order valence-corrected chi connectivity index (χ1v) is 15.8. The lowest BCUT2D eigenvalue weighted by Crippen LogP contribution is -2.40. The normalized spacial score (nSPS) is 14.8. The first-order valence-electron chi connectivity index (χ1n) is 15.0. The van der Waals surface area contributed by atoms with Gasteiger partial charge in [0.1, 0.15) is 18.4 Å². The number of hydrogen-bond donors (Lipinski definition) is 0. The van der Waals surface area contributed by atoms with Gasteiger partial charge in [-0.15, -0.1) is 0 Å². The molecule has 6 rings (SSSR count). The van der Waals surface area contributed by atoms with Crippen molar-refractivity contribution in [1.82, 2.24) is 9.13 Å². The lowest BCUT2D eigenvalue weighted by molar-refractivity contribution is -0.140. The van der Waals surface area contributed by atoms with E-state index in [0.717, 1.165) is 22.9 Å². The molecule has 1 aliphatic rings. The zero-order valence-corrected chi connectivity index (χ0v) is 26.4. The van der Waals surface area contributed by atoms with E-state index in [4.69, 9.17) is 19.2 Å². The molecule has 9 heteroatoms. The van der Waals surface area contributed by atoms with Gasteiger partial charge in [0.25, 0.3) is 5.56 Å². The summed E-state index contributed by atoms with van der Waals surface area (Å²) in [4.78, 5) is 33.2. The Labute approximate surface area is 265 Å². The third-order valence-electron chi connectivity index (χ3n) is 7.74. The van der Waals surface area contributed by atoms with Crippen molar-refractivity contribution in [2.24, 2.45) is 4.99 Å². The second-order valence-corrected chi connectivity index (χ2v) is 11.8. The fraction of sp³-hybridized carbons (Fsp3) is 0.250. The molecule has 0 radical (unpaired) electrons. The van der Waals surface area contributed by atoms with E-state index in [1.807, 2.05) is 67.6 Å². The van der Waals surface area contributed by atoms with Gasteiger partial charge in [-0.3, -0.25) is 9.36 Å². The van der Waals surface area contributed by atoms with Crippen LogP contribution in [0.15, 0.2) is 106 Å². The number of carbonyl (C=O) groups is 1. The molecule has 5 aromatic rings. The van der Waals surface area contributed by atoms with Crippen LogP contribution >= 0.6 is 11.3 Å². The van der Waals surface area contributed by atoms with Crippen LogP contribution in [0.5, 0.6) is 5.75 Å². The van der Waals surface area contributed by atoms with Crippen LogP contribution in [0.2, 0.25) is 0 Å². The molecule has 0 saturated carbocycles. The van der Waals surface area contributed by atoms with Gasteiger partial charge in [0, 0.05) is 41.9 Å². The number of hydrogen-bond acceptors (Lipinski definition) is 7. The van der Waals surface area contributed by atoms with Gasteiger partial charge in [0.2, 0.25) is 0 Å². The average Bonchev–Trinajstić information content (AvgIpc) is 3.56. The lowest BCUT2D eigenvalue weighted by Gasteiger charge is -2.26. The Hall–Kier alpha value is -4.73. The second kappa shape index (κ2) is 13.5. The van der Waals surface area contributed by atoms with Crippen LogP contribution in [-0.2, 0) is 20.8 Å². The van der Waals surface area contributed by atoms with E-state index in [2.05, 4.69) is 35.0 Å². The predicted molar refractivity (Wildman–Crippen MR) is 176 cm³/mol. The maximum atomic E-state index is 14.3. The highest BCUT2D eigenvalue weighted by Crippen LogP contribution is 2.36. The van der Waals surface area contributed by atoms with E-state index in [1.165, 1.54) is 16.9 Å². The summed E-state index contributed by atoms with van der Waals surface area (Å²) in [6.07, 6.45) is 4.83. The SMILES string of the molecule is CCCOc1ccccc1[C@@H]1C(C(=O)OCCOC)=C(C)N=c2s/c(=C/c3cn(Cc4ccccc4)c4ccccc34)c(=O)n21. The van der Waals surface area contributed by atoms with Crippen LogP contribution in [0, 0.1) is 0 Å². The van der Waals surface area contributed by atoms with E-state index in [-0.39, 0.29) is 18.8 Å². The molecule has 3 aromatic carbocycles. The molecule has 8 nitrogen and oxygen atoms in total. The topological polar surface area (TPSA) is 84.1 Å². The summed E-state index contributed by atoms with van der Waals surface area (Å²) in [5, 5.41) is 1.05. The Kier molecular flexibility index (Phi) is 9.09. The first-order chi connectivity index (χ1) is 22.0. The van der Waals surface area contributed by atoms with Gasteiger partial charge < -0.3 is 18.8 Å². The molecule has 0 fully saturated rings. The minimum atomic E-state index is -0.772. The molecular weight excluding hydrogens is 586 g/mol. The Morgan fingerprint density at radius 1 is 0.978 bits per heavy atom. The standard InChI is InChI=1S/C36H35N3O5S/c1-4-18-43-30-17-11-9-15-28(30)33-32(35(41)44-20-19-42-3)24(2)37-36-39(33)34(40)31(45-36)21-26-23-38(22-25-12-6-5-7-13-25)29-16-10-8-14-27(26)29/h5-17,21,23,33H,4,18-20,22H2,1-3H3/b31-21+/t33-/m1/s1. The van der Waals surface area contributed by atoms with Crippen molar-refractivity contribution >= 4 is 34.3 Å². The largest absolute Gasteiger partial charge is 0.493 e. The van der Waals surface area contributed by atoms with Crippen LogP contribution in [0.25, 0.3) is 17.0 Å². The number of para-hydroxylation sites is 2. The summed E-state index contributed by atoms with van der Waals surface area (Å²) in [6.45, 7) is 5.37. The smallest absolute Gasteiger partial charge is 0.338 e. The van der Waals surface area contributed by atoms with E-state index in [0.29, 0.717) is 45.1 Å². The van der Waals surface area contributed by atoms with E-state index in [9.17, 15) is 9.59 Å². The van der Waals surface area contributed by atoms with Gasteiger partial charge in [-0.2, -0.15) is 0 Å². The second-order valence-electron chi connectivity index (χ2n) is 10.8. The van der Waals surface area contributed by atoms with Crippen LogP contribution in [0.1, 0.15) is 43.0 Å². The molecule has 0 aliphatic carbocycles. The Bertz CT molecular complexity index is 2060. The first kappa shape index (κ1) is 30.3. The number of thiazole rings is 1. The summed E-state index contributed by atoms with van der Waals surface area (Å²) >= 11 is 1.31. The summed E-state index contributed by atoms with van der Waals surface area (Å²) < 4.78 is 21.1. The maximum absolute atomic E-state index is 14.3. The molecule has 2 aromatic heterocycles. The van der Waals surface area contributed by atoms with Gasteiger partial charge in [-0.05, 0) is 37.1 Å². The van der Waals surface area contributed by atoms with Gasteiger partial charge >= 0.3 is 5.97 Å². The fourth-order valence-corrected chi connectivity index (χ4v) is 6.70. The number of methoxy groups -OCH3 is 1. The lowest BCUT2D eigenvalue weighted by atomic mass is 9.95. The van der Waals surface area contributed by atoms with Crippen molar-refractivity contribution in [3.05, 3.63) is 133 Å². The molecule has 0 unspecified atom stereocenters. The van der Waals surface area contributed by atoms with Crippen LogP contribution in [0.4, 0.5) is 0 Å². The zero-order chi connectivity index (χ0) is 31.3. The number of benzene rings is 3. The molecule has 1 aliphatic heterocycles. The van der Waals surface area contributed by atoms with Crippen LogP contribution in [0.3, 0.4) is 0 Å². The van der Waals surface area contributed by atoms with Crippen molar-refractivity contribution in [3.8, 4) is 5.75 Å². The molecular formula is C36H35N3O5S. The highest BCUT2D eigenvalue weighted by Gasteiger charge is 2.35. The number of aromatic nitrogens is 2. The Morgan fingerprint density at radius 3 is 2.53 bits per heavy atom. The molecule has 3 heterocycles. The van der Waals surface area contributed by atoms with Crippen LogP contribution < -0.4 is 19.6 Å². The minimum absolute atomic E-state index is 0.0876. The molecule has 45 heavy (non-hydrogen) atoms. The van der Waals surface area contributed by atoms with Crippen molar-refractivity contribution in [3.63, 3.8) is 0 Å². The number of allylic oxidation sites excluding steroid dienone is 1. The van der Waals surface area contributed by atoms with Crippen molar-refractivity contribution in [2.75, 3.05) is 26.9 Å². The molecule has 0 bridgehead atoms. The highest BCUT2D eigenvalue weighted by atomic mass is 32.1. The third-order valence-corrected chi connectivity index (χ3v) is 8.72. The Morgan fingerprint density at radius 2 is 1.73 bits per heavy atom. The quantitative estimate of drug-likeness (QED) is 0.149. The van der Waals surface area contributed by atoms with Crippen molar-refractivity contribution in [2.45, 2.75) is 32.9 Å². The average molecular weight is 622 g/mol. The van der Waals surface area contributed by atoms with Gasteiger partial charge in [0.05, 0.1) is 29.0 Å². The number of carbonyl (C=O) groups excluding carboxylic acids is 1. The molecule has 0 amide bonds. The van der Waals surface area contributed by atoms with Crippen LogP contribution in [-0.4, -0.2) is 42.0 Å². The van der Waals surface area contributed by atoms with Crippen molar-refractivity contribution in [1.29, 1.82) is 0 Å². The van der Waals surface area contributed by atoms with Gasteiger partial charge in [0.15, 0.2) is 4.80 Å². The van der Waals surface area contributed by atoms with E-state index < -0.39 is 12.0 Å². The maximum Gasteiger partial charge on any atom is 0.338 e. The number of nitrogens with zero attached hydrogens (tertiary/aromatic N) is 3. The molecule has 0 N–H and O–H groups in total. The predicted octanol–water partition coefficient (Wildman–Crippen LogP) is 5.22. The fourth-order valence-electron chi connectivity index (χ4n) is 5.66. The van der Waals surface area contributed by atoms with Gasteiger partial charge in [-0.1, -0.05) is 85.0 Å². The number of rotatable bonds is 11. The van der Waals surface area contributed by atoms with Gasteiger partial charge in [-0.25, -0.2) is 9.79 Å². The van der Waals surface area contributed by atoms with Crippen molar-refractivity contribution < 1.29 is 19.0 Å². The molecule has 0 saturated heterocycles. The summed E-state index contributed by atoms with van der Waals surface area (Å²) in [5.74, 6) is 0.0710. The number of fused-ring (bicyclic) bond motifs is 2. The minimum Gasteiger partial charge on any atom is -0.493 e. The van der Waals surface area contributed by atoms with E-state index >= 15 is 0 Å². The highest BCUT2D eigenvalue weighted by molar-refractivity contribution is 7.07. The molecule has 0 spiro atoms. The summed E-state index contributed by atoms with van der Waals surface area (Å²) in [5.41, 5.74) is 4.47. The monoisotopic (exact) mass is 621 g/mol. The summed E-state index contributed by atoms with van der Waals surface area (Å²) in [7, 11) is 1.55.